The molecule has 0 unspecified atom stereocenters. The highest BCUT2D eigenvalue weighted by Gasteiger charge is 2.20. The van der Waals surface area contributed by atoms with Crippen LogP contribution in [0.25, 0.3) is 11.3 Å². The molecule has 1 aliphatic heterocycles. The Morgan fingerprint density at radius 2 is 2.04 bits per heavy atom. The number of thiazole rings is 1. The summed E-state index contributed by atoms with van der Waals surface area (Å²) >= 11 is 6.60. The summed E-state index contributed by atoms with van der Waals surface area (Å²) in [7, 11) is 0. The van der Waals surface area contributed by atoms with Crippen molar-refractivity contribution in [3.05, 3.63) is 34.1 Å². The molecule has 23 heavy (non-hydrogen) atoms. The lowest BCUT2D eigenvalue weighted by molar-refractivity contribution is -0.129. The van der Waals surface area contributed by atoms with Gasteiger partial charge in [-0.05, 0) is 30.9 Å². The first-order valence-corrected chi connectivity index (χ1v) is 10.4. The van der Waals surface area contributed by atoms with Crippen molar-refractivity contribution in [2.45, 2.75) is 24.1 Å². The van der Waals surface area contributed by atoms with Crippen molar-refractivity contribution in [1.29, 1.82) is 0 Å². The van der Waals surface area contributed by atoms with Crippen molar-refractivity contribution in [2.75, 3.05) is 18.8 Å². The van der Waals surface area contributed by atoms with Gasteiger partial charge in [0.1, 0.15) is 0 Å². The second kappa shape index (κ2) is 7.81. The number of carbonyl (C=O) groups is 1. The molecule has 1 aromatic carbocycles. The van der Waals surface area contributed by atoms with E-state index < -0.39 is 0 Å². The van der Waals surface area contributed by atoms with E-state index in [2.05, 4.69) is 33.2 Å². The molecular formula is C17H19BrN2OS2. The number of rotatable bonds is 4. The highest BCUT2D eigenvalue weighted by atomic mass is 79.9. The van der Waals surface area contributed by atoms with Gasteiger partial charge in [0.15, 0.2) is 4.34 Å². The summed E-state index contributed by atoms with van der Waals surface area (Å²) in [6.45, 7) is 4.07. The first-order chi connectivity index (χ1) is 11.1. The van der Waals surface area contributed by atoms with E-state index in [-0.39, 0.29) is 5.91 Å². The largest absolute Gasteiger partial charge is 0.342 e. The molecule has 0 aliphatic carbocycles. The number of piperidine rings is 1. The third-order valence-electron chi connectivity index (χ3n) is 4.08. The summed E-state index contributed by atoms with van der Waals surface area (Å²) in [5.74, 6) is 1.48. The molecule has 1 fully saturated rings. The van der Waals surface area contributed by atoms with Crippen LogP contribution < -0.4 is 0 Å². The van der Waals surface area contributed by atoms with Crippen LogP contribution in [-0.2, 0) is 4.79 Å². The van der Waals surface area contributed by atoms with Crippen LogP contribution in [0.15, 0.2) is 38.5 Å². The molecule has 1 aliphatic rings. The Hall–Kier alpha value is -0.850. The van der Waals surface area contributed by atoms with Crippen molar-refractivity contribution in [2.24, 2.45) is 5.92 Å². The van der Waals surface area contributed by atoms with Gasteiger partial charge in [-0.25, -0.2) is 4.98 Å². The molecule has 0 saturated carbocycles. The van der Waals surface area contributed by atoms with Gasteiger partial charge in [0.05, 0.1) is 11.4 Å². The number of likely N-dealkylation sites (tertiary alicyclic amines) is 1. The highest BCUT2D eigenvalue weighted by Crippen LogP contribution is 2.29. The van der Waals surface area contributed by atoms with Gasteiger partial charge < -0.3 is 4.90 Å². The number of benzene rings is 1. The second-order valence-corrected chi connectivity index (χ2v) is 8.85. The van der Waals surface area contributed by atoms with Crippen molar-refractivity contribution >= 4 is 44.9 Å². The maximum absolute atomic E-state index is 12.3. The number of amides is 1. The topological polar surface area (TPSA) is 33.2 Å². The summed E-state index contributed by atoms with van der Waals surface area (Å²) in [6.07, 6.45) is 2.25. The molecule has 6 heteroatoms. The molecule has 1 amide bonds. The Balaban J connectivity index is 1.55. The van der Waals surface area contributed by atoms with Crippen LogP contribution in [0, 0.1) is 5.92 Å². The minimum atomic E-state index is 0.238. The lowest BCUT2D eigenvalue weighted by Crippen LogP contribution is -2.38. The Labute approximate surface area is 153 Å². The number of carbonyl (C=O) groups excluding carboxylic acids is 1. The zero-order valence-corrected chi connectivity index (χ0v) is 16.2. The fourth-order valence-corrected chi connectivity index (χ4v) is 4.55. The standard InChI is InChI=1S/C17H19BrN2OS2/c1-12-6-8-20(9-7-12)16(21)11-23-17-19-15(10-22-17)13-2-4-14(18)5-3-13/h2-5,10,12H,6-9,11H2,1H3. The van der Waals surface area contributed by atoms with Crippen LogP contribution in [0.4, 0.5) is 0 Å². The predicted octanol–water partition coefficient (Wildman–Crippen LogP) is 4.92. The minimum Gasteiger partial charge on any atom is -0.342 e. The summed E-state index contributed by atoms with van der Waals surface area (Å²) in [4.78, 5) is 18.9. The van der Waals surface area contributed by atoms with Crippen molar-refractivity contribution in [1.82, 2.24) is 9.88 Å². The number of hydrogen-bond acceptors (Lipinski definition) is 4. The molecule has 1 aromatic heterocycles. The van der Waals surface area contributed by atoms with E-state index in [0.717, 1.165) is 51.9 Å². The molecule has 2 heterocycles. The highest BCUT2D eigenvalue weighted by molar-refractivity contribution is 9.10. The maximum atomic E-state index is 12.3. The molecule has 0 atom stereocenters. The fourth-order valence-electron chi connectivity index (χ4n) is 2.55. The summed E-state index contributed by atoms with van der Waals surface area (Å²) in [5.41, 5.74) is 2.08. The maximum Gasteiger partial charge on any atom is 0.233 e. The minimum absolute atomic E-state index is 0.238. The van der Waals surface area contributed by atoms with Gasteiger partial charge in [0.25, 0.3) is 0 Å². The van der Waals surface area contributed by atoms with E-state index in [4.69, 9.17) is 0 Å². The molecule has 0 N–H and O–H groups in total. The summed E-state index contributed by atoms with van der Waals surface area (Å²) < 4.78 is 2.02. The van der Waals surface area contributed by atoms with Gasteiger partial charge in [-0.1, -0.05) is 46.7 Å². The molecule has 0 spiro atoms. The van der Waals surface area contributed by atoms with Crippen molar-refractivity contribution in [3.8, 4) is 11.3 Å². The van der Waals surface area contributed by atoms with Gasteiger partial charge in [0.2, 0.25) is 5.91 Å². The Bertz CT molecular complexity index is 663. The zero-order valence-electron chi connectivity index (χ0n) is 13.0. The molecule has 122 valence electrons. The molecule has 2 aromatic rings. The van der Waals surface area contributed by atoms with E-state index in [1.807, 2.05) is 29.2 Å². The van der Waals surface area contributed by atoms with Crippen LogP contribution in [0.2, 0.25) is 0 Å². The third kappa shape index (κ3) is 4.58. The van der Waals surface area contributed by atoms with Crippen molar-refractivity contribution < 1.29 is 4.79 Å². The number of nitrogens with zero attached hydrogens (tertiary/aromatic N) is 2. The second-order valence-electron chi connectivity index (χ2n) is 5.86. The molecular weight excluding hydrogens is 392 g/mol. The average Bonchev–Trinajstić information content (AvgIpc) is 3.03. The number of halogens is 1. The van der Waals surface area contributed by atoms with Crippen LogP contribution in [0.3, 0.4) is 0 Å². The molecule has 3 nitrogen and oxygen atoms in total. The van der Waals surface area contributed by atoms with Gasteiger partial charge in [-0.3, -0.25) is 4.79 Å². The van der Waals surface area contributed by atoms with E-state index >= 15 is 0 Å². The van der Waals surface area contributed by atoms with Crippen LogP contribution in [-0.4, -0.2) is 34.6 Å². The zero-order chi connectivity index (χ0) is 16.2. The summed E-state index contributed by atoms with van der Waals surface area (Å²) in [5, 5.41) is 2.05. The smallest absolute Gasteiger partial charge is 0.233 e. The predicted molar refractivity (Wildman–Crippen MR) is 101 cm³/mol. The molecule has 0 radical (unpaired) electrons. The van der Waals surface area contributed by atoms with E-state index in [9.17, 15) is 4.79 Å². The third-order valence-corrected chi connectivity index (χ3v) is 6.61. The van der Waals surface area contributed by atoms with Gasteiger partial charge in [-0.15, -0.1) is 11.3 Å². The molecule has 0 bridgehead atoms. The lowest BCUT2D eigenvalue weighted by atomic mass is 9.99. The first kappa shape index (κ1) is 17.0. The fraction of sp³-hybridized carbons (Fsp3) is 0.412. The lowest BCUT2D eigenvalue weighted by Gasteiger charge is -2.30. The van der Waals surface area contributed by atoms with E-state index in [1.54, 1.807) is 23.1 Å². The molecule has 3 rings (SSSR count). The monoisotopic (exact) mass is 410 g/mol. The normalized spacial score (nSPS) is 15.8. The average molecular weight is 411 g/mol. The molecule has 1 saturated heterocycles. The van der Waals surface area contributed by atoms with Crippen LogP contribution in [0.1, 0.15) is 19.8 Å². The first-order valence-electron chi connectivity index (χ1n) is 7.74. The Morgan fingerprint density at radius 3 is 2.74 bits per heavy atom. The van der Waals surface area contributed by atoms with Crippen LogP contribution >= 0.6 is 39.0 Å². The Kier molecular flexibility index (Phi) is 5.77. The number of aromatic nitrogens is 1. The number of hydrogen-bond donors (Lipinski definition) is 0. The van der Waals surface area contributed by atoms with E-state index in [1.165, 1.54) is 0 Å². The Morgan fingerprint density at radius 1 is 1.35 bits per heavy atom. The van der Waals surface area contributed by atoms with E-state index in [0.29, 0.717) is 5.75 Å². The number of thioether (sulfide) groups is 1. The SMILES string of the molecule is CC1CCN(C(=O)CSc2nc(-c3ccc(Br)cc3)cs2)CC1. The summed E-state index contributed by atoms with van der Waals surface area (Å²) in [6, 6.07) is 8.13. The van der Waals surface area contributed by atoms with Gasteiger partial charge >= 0.3 is 0 Å². The van der Waals surface area contributed by atoms with Crippen LogP contribution in [0.5, 0.6) is 0 Å². The quantitative estimate of drug-likeness (QED) is 0.670. The van der Waals surface area contributed by atoms with Gasteiger partial charge in [0, 0.05) is 28.5 Å². The van der Waals surface area contributed by atoms with Crippen molar-refractivity contribution in [3.63, 3.8) is 0 Å². The van der Waals surface area contributed by atoms with Gasteiger partial charge in [-0.2, -0.15) is 0 Å².